The lowest BCUT2D eigenvalue weighted by Gasteiger charge is -2.14. The van der Waals surface area contributed by atoms with E-state index in [1.807, 2.05) is 6.92 Å². The summed E-state index contributed by atoms with van der Waals surface area (Å²) in [5.74, 6) is -2.12. The summed E-state index contributed by atoms with van der Waals surface area (Å²) < 4.78 is 50.1. The molecule has 1 N–H and O–H groups in total. The number of aryl methyl sites for hydroxylation is 1. The minimum Gasteiger partial charge on any atom is -0.481 e. The molecule has 0 unspecified atom stereocenters. The lowest BCUT2D eigenvalue weighted by Crippen LogP contribution is -2.27. The molecule has 12 heteroatoms. The molecule has 0 atom stereocenters. The van der Waals surface area contributed by atoms with Crippen LogP contribution in [0.1, 0.15) is 28.5 Å². The molecule has 1 aromatic heterocycles. The van der Waals surface area contributed by atoms with E-state index in [1.54, 1.807) is 31.2 Å². The van der Waals surface area contributed by atoms with E-state index in [1.165, 1.54) is 0 Å². The number of esters is 1. The van der Waals surface area contributed by atoms with Gasteiger partial charge in [0.2, 0.25) is 5.69 Å². The van der Waals surface area contributed by atoms with Gasteiger partial charge >= 0.3 is 12.1 Å². The summed E-state index contributed by atoms with van der Waals surface area (Å²) in [6.07, 6.45) is -4.64. The molecule has 0 saturated heterocycles. The first-order chi connectivity index (χ1) is 16.5. The van der Waals surface area contributed by atoms with Crippen molar-refractivity contribution in [3.05, 3.63) is 80.7 Å². The van der Waals surface area contributed by atoms with E-state index < -0.39 is 35.8 Å². The van der Waals surface area contributed by atoms with Gasteiger partial charge in [-0.3, -0.25) is 9.59 Å². The van der Waals surface area contributed by atoms with Crippen molar-refractivity contribution in [3.63, 3.8) is 0 Å². The van der Waals surface area contributed by atoms with Crippen LogP contribution in [0, 0.1) is 6.92 Å². The van der Waals surface area contributed by atoms with Crippen LogP contribution in [-0.4, -0.2) is 34.9 Å². The average molecular weight is 510 g/mol. The number of rotatable bonds is 7. The number of benzene rings is 2. The van der Waals surface area contributed by atoms with Crippen molar-refractivity contribution in [2.45, 2.75) is 20.0 Å². The lowest BCUT2D eigenvalue weighted by molar-refractivity contribution is -0.137. The van der Waals surface area contributed by atoms with E-state index in [2.05, 4.69) is 10.4 Å². The standard InChI is InChI=1S/C23H19ClF3N3O5/c1-3-34-22(33)21-18(11-20(32)30(29-21)15-7-4-13(2)5-8-15)35-12-19(31)28-17-10-14(23(25,26)27)6-9-16(17)24/h4-11H,3,12H2,1-2H3,(H,28,31). The molecule has 2 aromatic carbocycles. The van der Waals surface area contributed by atoms with E-state index in [9.17, 15) is 27.6 Å². The molecule has 0 radical (unpaired) electrons. The second kappa shape index (κ2) is 10.6. The molecule has 8 nitrogen and oxygen atoms in total. The van der Waals surface area contributed by atoms with Crippen molar-refractivity contribution in [1.82, 2.24) is 9.78 Å². The van der Waals surface area contributed by atoms with E-state index in [0.717, 1.165) is 28.4 Å². The van der Waals surface area contributed by atoms with Gasteiger partial charge in [0.05, 0.1) is 34.6 Å². The molecule has 0 fully saturated rings. The Kier molecular flexibility index (Phi) is 7.80. The van der Waals surface area contributed by atoms with Crippen LogP contribution in [0.5, 0.6) is 5.75 Å². The van der Waals surface area contributed by atoms with Crippen molar-refractivity contribution in [1.29, 1.82) is 0 Å². The molecule has 3 rings (SSSR count). The van der Waals surface area contributed by atoms with E-state index >= 15 is 0 Å². The summed E-state index contributed by atoms with van der Waals surface area (Å²) in [5, 5.41) is 6.12. The highest BCUT2D eigenvalue weighted by Gasteiger charge is 2.31. The first kappa shape index (κ1) is 25.8. The van der Waals surface area contributed by atoms with Crippen molar-refractivity contribution in [3.8, 4) is 11.4 Å². The fourth-order valence-corrected chi connectivity index (χ4v) is 3.05. The molecule has 35 heavy (non-hydrogen) atoms. The van der Waals surface area contributed by atoms with Crippen LogP contribution in [0.3, 0.4) is 0 Å². The monoisotopic (exact) mass is 509 g/mol. The Bertz CT molecular complexity index is 1310. The third-order valence-corrected chi connectivity index (χ3v) is 4.90. The van der Waals surface area contributed by atoms with Crippen molar-refractivity contribution >= 4 is 29.2 Å². The zero-order valence-corrected chi connectivity index (χ0v) is 19.2. The summed E-state index contributed by atoms with van der Waals surface area (Å²) in [4.78, 5) is 37.4. The molecule has 1 heterocycles. The maximum atomic E-state index is 12.9. The molecule has 0 saturated carbocycles. The Morgan fingerprint density at radius 2 is 1.80 bits per heavy atom. The molecule has 0 aliphatic heterocycles. The molecular formula is C23H19ClF3N3O5. The first-order valence-electron chi connectivity index (χ1n) is 10.2. The minimum atomic E-state index is -4.64. The van der Waals surface area contributed by atoms with Gasteiger partial charge in [0, 0.05) is 0 Å². The number of hydrogen-bond acceptors (Lipinski definition) is 6. The first-order valence-corrected chi connectivity index (χ1v) is 10.6. The molecule has 0 spiro atoms. The molecular weight excluding hydrogens is 491 g/mol. The summed E-state index contributed by atoms with van der Waals surface area (Å²) in [5.41, 5.74) is -0.982. The second-order valence-electron chi connectivity index (χ2n) is 7.19. The topological polar surface area (TPSA) is 99.5 Å². The van der Waals surface area contributed by atoms with E-state index in [0.29, 0.717) is 11.8 Å². The molecule has 0 aliphatic carbocycles. The smallest absolute Gasteiger partial charge is 0.416 e. The van der Waals surface area contributed by atoms with Crippen LogP contribution in [-0.2, 0) is 15.7 Å². The molecule has 3 aromatic rings. The van der Waals surface area contributed by atoms with Gasteiger partial charge in [-0.05, 0) is 44.2 Å². The molecule has 184 valence electrons. The normalized spacial score (nSPS) is 11.1. The fourth-order valence-electron chi connectivity index (χ4n) is 2.89. The minimum absolute atomic E-state index is 0.0120. The summed E-state index contributed by atoms with van der Waals surface area (Å²) >= 11 is 5.88. The van der Waals surface area contributed by atoms with Gasteiger partial charge in [-0.15, -0.1) is 0 Å². The van der Waals surface area contributed by atoms with Gasteiger partial charge in [0.1, 0.15) is 0 Å². The summed E-state index contributed by atoms with van der Waals surface area (Å²) in [6.45, 7) is 2.69. The predicted molar refractivity (Wildman–Crippen MR) is 121 cm³/mol. The van der Waals surface area contributed by atoms with Gasteiger partial charge in [-0.1, -0.05) is 29.3 Å². The van der Waals surface area contributed by atoms with Crippen LogP contribution in [0.4, 0.5) is 18.9 Å². The summed E-state index contributed by atoms with van der Waals surface area (Å²) in [6, 6.07) is 10.2. The van der Waals surface area contributed by atoms with Crippen LogP contribution in [0.25, 0.3) is 5.69 Å². The van der Waals surface area contributed by atoms with E-state index in [4.69, 9.17) is 21.1 Å². The molecule has 0 bridgehead atoms. The van der Waals surface area contributed by atoms with Crippen LogP contribution in [0.15, 0.2) is 53.3 Å². The number of nitrogens with zero attached hydrogens (tertiary/aromatic N) is 2. The number of nitrogens with one attached hydrogen (secondary N) is 1. The van der Waals surface area contributed by atoms with Crippen LogP contribution < -0.4 is 15.6 Å². The Hall–Kier alpha value is -3.86. The van der Waals surface area contributed by atoms with Gasteiger partial charge in [-0.2, -0.15) is 23.0 Å². The number of carbonyl (C=O) groups excluding carboxylic acids is 2. The third-order valence-electron chi connectivity index (χ3n) is 4.57. The van der Waals surface area contributed by atoms with Gasteiger partial charge < -0.3 is 14.8 Å². The lowest BCUT2D eigenvalue weighted by atomic mass is 10.2. The SMILES string of the molecule is CCOC(=O)c1nn(-c2ccc(C)cc2)c(=O)cc1OCC(=O)Nc1cc(C(F)(F)F)ccc1Cl. The number of aromatic nitrogens is 2. The number of anilines is 1. The summed E-state index contributed by atoms with van der Waals surface area (Å²) in [7, 11) is 0. The number of halogens is 4. The zero-order valence-electron chi connectivity index (χ0n) is 18.5. The highest BCUT2D eigenvalue weighted by atomic mass is 35.5. The van der Waals surface area contributed by atoms with Crippen molar-refractivity contribution < 1.29 is 32.2 Å². The number of alkyl halides is 3. The van der Waals surface area contributed by atoms with Crippen LogP contribution >= 0.6 is 11.6 Å². The highest BCUT2D eigenvalue weighted by Crippen LogP contribution is 2.33. The quantitative estimate of drug-likeness (QED) is 0.474. The number of hydrogen-bond donors (Lipinski definition) is 1. The van der Waals surface area contributed by atoms with Gasteiger partial charge in [-0.25, -0.2) is 4.79 Å². The number of carbonyl (C=O) groups is 2. The van der Waals surface area contributed by atoms with E-state index in [-0.39, 0.29) is 28.8 Å². The Morgan fingerprint density at radius 1 is 1.11 bits per heavy atom. The van der Waals surface area contributed by atoms with Crippen molar-refractivity contribution in [2.24, 2.45) is 0 Å². The van der Waals surface area contributed by atoms with Crippen LogP contribution in [0.2, 0.25) is 5.02 Å². The zero-order chi connectivity index (χ0) is 25.8. The Morgan fingerprint density at radius 3 is 2.43 bits per heavy atom. The number of ether oxygens (including phenoxy) is 2. The maximum absolute atomic E-state index is 12.9. The Balaban J connectivity index is 1.85. The van der Waals surface area contributed by atoms with Gasteiger partial charge in [0.15, 0.2) is 12.4 Å². The van der Waals surface area contributed by atoms with Crippen molar-refractivity contribution in [2.75, 3.05) is 18.5 Å². The van der Waals surface area contributed by atoms with Gasteiger partial charge in [0.25, 0.3) is 11.5 Å². The fraction of sp³-hybridized carbons (Fsp3) is 0.217. The molecule has 0 aliphatic rings. The number of amides is 1. The maximum Gasteiger partial charge on any atom is 0.416 e. The predicted octanol–water partition coefficient (Wildman–Crippen LogP) is 4.41. The third kappa shape index (κ3) is 6.38. The molecule has 1 amide bonds. The average Bonchev–Trinajstić information content (AvgIpc) is 2.79. The second-order valence-corrected chi connectivity index (χ2v) is 7.60. The highest BCUT2D eigenvalue weighted by molar-refractivity contribution is 6.33. The largest absolute Gasteiger partial charge is 0.481 e. The Labute approximate surface area is 202 Å².